The predicted molar refractivity (Wildman–Crippen MR) is 124 cm³/mol. The van der Waals surface area contributed by atoms with Crippen molar-refractivity contribution in [2.45, 2.75) is 71.9 Å². The van der Waals surface area contributed by atoms with Crippen LogP contribution in [0.5, 0.6) is 0 Å². The van der Waals surface area contributed by atoms with Crippen LogP contribution in [0.3, 0.4) is 0 Å². The molecule has 1 aromatic carbocycles. The highest BCUT2D eigenvalue weighted by Gasteiger charge is 2.33. The number of ether oxygens (including phenoxy) is 3. The number of nitrogens with zero attached hydrogens (tertiary/aromatic N) is 1. The molecule has 1 unspecified atom stereocenters. The van der Waals surface area contributed by atoms with E-state index in [2.05, 4.69) is 5.32 Å². The maximum Gasteiger partial charge on any atom is 0.326 e. The molecule has 0 saturated heterocycles. The van der Waals surface area contributed by atoms with Crippen LogP contribution in [-0.2, 0) is 35.0 Å². The molecule has 0 fully saturated rings. The summed E-state index contributed by atoms with van der Waals surface area (Å²) in [5.74, 6) is -2.07. The molecule has 0 aliphatic heterocycles. The minimum Gasteiger partial charge on any atom is -0.480 e. The Labute approximate surface area is 196 Å². The van der Waals surface area contributed by atoms with Gasteiger partial charge in [0.25, 0.3) is 0 Å². The smallest absolute Gasteiger partial charge is 0.326 e. The SMILES string of the molecule is CCOC(=O)[C@H](CCc1ccccc1)NC(C)C(=O)N(CC(OCC)OCC)[C@@H](C)C(=O)O. The van der Waals surface area contributed by atoms with Gasteiger partial charge in [0.05, 0.1) is 19.2 Å². The summed E-state index contributed by atoms with van der Waals surface area (Å²) < 4.78 is 16.2. The summed E-state index contributed by atoms with van der Waals surface area (Å²) in [7, 11) is 0. The molecule has 9 nitrogen and oxygen atoms in total. The van der Waals surface area contributed by atoms with Gasteiger partial charge in [0, 0.05) is 13.2 Å². The van der Waals surface area contributed by atoms with Gasteiger partial charge in [-0.3, -0.25) is 14.9 Å². The number of amides is 1. The van der Waals surface area contributed by atoms with Gasteiger partial charge >= 0.3 is 11.9 Å². The number of carboxylic acids is 1. The van der Waals surface area contributed by atoms with E-state index in [0.717, 1.165) is 5.56 Å². The lowest BCUT2D eigenvalue weighted by atomic mass is 10.0. The Bertz CT molecular complexity index is 723. The van der Waals surface area contributed by atoms with Crippen molar-refractivity contribution >= 4 is 17.8 Å². The second kappa shape index (κ2) is 15.4. The van der Waals surface area contributed by atoms with Crippen LogP contribution in [-0.4, -0.2) is 78.6 Å². The number of hydrogen-bond donors (Lipinski definition) is 2. The standard InChI is InChI=1S/C24H38N2O7/c1-6-31-21(32-7-2)16-26(18(5)23(28)29)22(27)17(4)25-20(24(30)33-8-3)15-14-19-12-10-9-11-13-19/h9-13,17-18,20-21,25H,6-8,14-16H2,1-5H3,(H,28,29)/t17?,18-,20-/m0/s1. The molecule has 0 saturated carbocycles. The topological polar surface area (TPSA) is 114 Å². The van der Waals surface area contributed by atoms with Crippen LogP contribution < -0.4 is 5.32 Å². The van der Waals surface area contributed by atoms with Crippen LogP contribution in [0.4, 0.5) is 0 Å². The number of carbonyl (C=O) groups is 3. The van der Waals surface area contributed by atoms with Crippen molar-refractivity contribution in [1.29, 1.82) is 0 Å². The van der Waals surface area contributed by atoms with E-state index in [1.165, 1.54) is 11.8 Å². The van der Waals surface area contributed by atoms with E-state index in [4.69, 9.17) is 14.2 Å². The minimum absolute atomic E-state index is 0.0475. The molecule has 9 heteroatoms. The summed E-state index contributed by atoms with van der Waals surface area (Å²) in [5.41, 5.74) is 1.06. The molecule has 1 aromatic rings. The second-order valence-corrected chi connectivity index (χ2v) is 7.56. The predicted octanol–water partition coefficient (Wildman–Crippen LogP) is 2.23. The van der Waals surface area contributed by atoms with Crippen molar-refractivity contribution in [3.05, 3.63) is 35.9 Å². The average molecular weight is 467 g/mol. The molecule has 3 atom stereocenters. The number of aryl methyl sites for hydroxylation is 1. The monoisotopic (exact) mass is 466 g/mol. The second-order valence-electron chi connectivity index (χ2n) is 7.56. The van der Waals surface area contributed by atoms with Crippen molar-refractivity contribution in [2.24, 2.45) is 0 Å². The third-order valence-corrected chi connectivity index (χ3v) is 5.12. The Morgan fingerprint density at radius 3 is 2.12 bits per heavy atom. The molecule has 186 valence electrons. The Morgan fingerprint density at radius 2 is 1.61 bits per heavy atom. The van der Waals surface area contributed by atoms with Crippen molar-refractivity contribution < 1.29 is 33.7 Å². The average Bonchev–Trinajstić information content (AvgIpc) is 2.80. The van der Waals surface area contributed by atoms with E-state index in [-0.39, 0.29) is 13.2 Å². The zero-order valence-corrected chi connectivity index (χ0v) is 20.3. The molecule has 0 spiro atoms. The number of rotatable bonds is 16. The Hall–Kier alpha value is -2.49. The van der Waals surface area contributed by atoms with Crippen molar-refractivity contribution in [1.82, 2.24) is 10.2 Å². The molecule has 0 bridgehead atoms. The van der Waals surface area contributed by atoms with Gasteiger partial charge in [-0.1, -0.05) is 30.3 Å². The minimum atomic E-state index is -1.15. The maximum atomic E-state index is 13.3. The third kappa shape index (κ3) is 9.89. The van der Waals surface area contributed by atoms with Crippen LogP contribution in [0.25, 0.3) is 0 Å². The maximum absolute atomic E-state index is 13.3. The van der Waals surface area contributed by atoms with Gasteiger partial charge < -0.3 is 24.2 Å². The highest BCUT2D eigenvalue weighted by atomic mass is 16.7. The molecular formula is C24H38N2O7. The van der Waals surface area contributed by atoms with Gasteiger partial charge in [-0.2, -0.15) is 0 Å². The van der Waals surface area contributed by atoms with Crippen molar-refractivity contribution in [3.63, 3.8) is 0 Å². The summed E-state index contributed by atoms with van der Waals surface area (Å²) in [6, 6.07) is 7.04. The van der Waals surface area contributed by atoms with E-state index >= 15 is 0 Å². The molecule has 2 N–H and O–H groups in total. The van der Waals surface area contributed by atoms with Crippen molar-refractivity contribution in [3.8, 4) is 0 Å². The van der Waals surface area contributed by atoms with Gasteiger partial charge in [-0.05, 0) is 53.0 Å². The quantitative estimate of drug-likeness (QED) is 0.282. The van der Waals surface area contributed by atoms with E-state index in [9.17, 15) is 19.5 Å². The number of esters is 1. The fourth-order valence-electron chi connectivity index (χ4n) is 3.35. The van der Waals surface area contributed by atoms with Crippen molar-refractivity contribution in [2.75, 3.05) is 26.4 Å². The van der Waals surface area contributed by atoms with Gasteiger partial charge in [-0.25, -0.2) is 4.79 Å². The summed E-state index contributed by atoms with van der Waals surface area (Å²) in [4.78, 5) is 38.7. The molecule has 0 aliphatic carbocycles. The van der Waals surface area contributed by atoms with E-state index in [1.54, 1.807) is 27.7 Å². The molecule has 0 aromatic heterocycles. The lowest BCUT2D eigenvalue weighted by Crippen LogP contribution is -2.56. The third-order valence-electron chi connectivity index (χ3n) is 5.12. The summed E-state index contributed by atoms with van der Waals surface area (Å²) in [5, 5.41) is 12.6. The number of hydrogen-bond acceptors (Lipinski definition) is 7. The molecule has 1 amide bonds. The molecule has 0 aliphatic rings. The van der Waals surface area contributed by atoms with Gasteiger partial charge in [-0.15, -0.1) is 0 Å². The number of aliphatic carboxylic acids is 1. The number of carboxylic acid groups (broad SMARTS) is 1. The number of carbonyl (C=O) groups excluding carboxylic acids is 2. The first-order valence-electron chi connectivity index (χ1n) is 11.5. The summed E-state index contributed by atoms with van der Waals surface area (Å²) >= 11 is 0. The lowest BCUT2D eigenvalue weighted by Gasteiger charge is -2.33. The highest BCUT2D eigenvalue weighted by Crippen LogP contribution is 2.11. The van der Waals surface area contributed by atoms with E-state index < -0.39 is 42.3 Å². The highest BCUT2D eigenvalue weighted by molar-refractivity contribution is 5.87. The van der Waals surface area contributed by atoms with Crippen LogP contribution in [0, 0.1) is 0 Å². The number of nitrogens with one attached hydrogen (secondary N) is 1. The zero-order chi connectivity index (χ0) is 24.8. The fourth-order valence-corrected chi connectivity index (χ4v) is 3.35. The molecular weight excluding hydrogens is 428 g/mol. The Morgan fingerprint density at radius 1 is 1.00 bits per heavy atom. The summed E-state index contributed by atoms with van der Waals surface area (Å²) in [6.07, 6.45) is 0.288. The lowest BCUT2D eigenvalue weighted by molar-refractivity contribution is -0.169. The first-order valence-corrected chi connectivity index (χ1v) is 11.5. The Balaban J connectivity index is 2.98. The zero-order valence-electron chi connectivity index (χ0n) is 20.3. The number of benzene rings is 1. The van der Waals surface area contributed by atoms with Crippen LogP contribution >= 0.6 is 0 Å². The fraction of sp³-hybridized carbons (Fsp3) is 0.625. The van der Waals surface area contributed by atoms with Crippen LogP contribution in [0.15, 0.2) is 30.3 Å². The Kier molecular flexibility index (Phi) is 13.3. The largest absolute Gasteiger partial charge is 0.480 e. The van der Waals surface area contributed by atoms with Crippen LogP contribution in [0.2, 0.25) is 0 Å². The van der Waals surface area contributed by atoms with E-state index in [0.29, 0.717) is 26.1 Å². The normalized spacial score (nSPS) is 13.9. The van der Waals surface area contributed by atoms with Gasteiger partial charge in [0.1, 0.15) is 12.1 Å². The van der Waals surface area contributed by atoms with E-state index in [1.807, 2.05) is 30.3 Å². The first-order chi connectivity index (χ1) is 15.7. The molecule has 33 heavy (non-hydrogen) atoms. The molecule has 0 heterocycles. The molecule has 1 rings (SSSR count). The first kappa shape index (κ1) is 28.5. The van der Waals surface area contributed by atoms with Gasteiger partial charge in [0.15, 0.2) is 6.29 Å². The molecule has 0 radical (unpaired) electrons. The van der Waals surface area contributed by atoms with Crippen LogP contribution in [0.1, 0.15) is 46.6 Å². The summed E-state index contributed by atoms with van der Waals surface area (Å²) in [6.45, 7) is 9.22. The van der Waals surface area contributed by atoms with Gasteiger partial charge in [0.2, 0.25) is 5.91 Å².